The third-order valence-corrected chi connectivity index (χ3v) is 4.07. The summed E-state index contributed by atoms with van der Waals surface area (Å²) in [6.07, 6.45) is 0.892. The van der Waals surface area contributed by atoms with Gasteiger partial charge < -0.3 is 15.2 Å². The highest BCUT2D eigenvalue weighted by Gasteiger charge is 2.28. The summed E-state index contributed by atoms with van der Waals surface area (Å²) in [5.41, 5.74) is 0.850. The van der Waals surface area contributed by atoms with Gasteiger partial charge in [-0.05, 0) is 18.1 Å². The highest BCUT2D eigenvalue weighted by Crippen LogP contribution is 2.18. The maximum atomic E-state index is 12.0. The van der Waals surface area contributed by atoms with Crippen molar-refractivity contribution in [2.24, 2.45) is 5.92 Å². The monoisotopic (exact) mass is 341 g/mol. The van der Waals surface area contributed by atoms with Crippen LogP contribution in [-0.4, -0.2) is 36.2 Å². The van der Waals surface area contributed by atoms with Crippen LogP contribution in [0.3, 0.4) is 0 Å². The lowest BCUT2D eigenvalue weighted by molar-refractivity contribution is -0.142. The topological polar surface area (TPSA) is 75.6 Å². The van der Waals surface area contributed by atoms with Crippen LogP contribution in [-0.2, 0) is 20.7 Å². The molecule has 2 N–H and O–H groups in total. The highest BCUT2D eigenvalue weighted by atomic mass is 79.9. The molecule has 1 aliphatic rings. The summed E-state index contributed by atoms with van der Waals surface area (Å²) in [5, 5.41) is 11.9. The third-order valence-electron chi connectivity index (χ3n) is 3.30. The first-order valence-electron chi connectivity index (χ1n) is 6.42. The second kappa shape index (κ2) is 6.85. The Morgan fingerprint density at radius 2 is 2.20 bits per heavy atom. The number of hydrogen-bond acceptors (Lipinski definition) is 3. The number of aliphatic carboxylic acids is 1. The summed E-state index contributed by atoms with van der Waals surface area (Å²) in [6, 6.07) is 6.46. The van der Waals surface area contributed by atoms with Crippen molar-refractivity contribution in [3.05, 3.63) is 34.3 Å². The molecule has 1 aliphatic heterocycles. The summed E-state index contributed by atoms with van der Waals surface area (Å²) in [4.78, 5) is 23.3. The number of carboxylic acids is 1. The average molecular weight is 342 g/mol. The summed E-state index contributed by atoms with van der Waals surface area (Å²) >= 11 is 3.38. The molecule has 2 rings (SSSR count). The fourth-order valence-electron chi connectivity index (χ4n) is 2.11. The smallest absolute Gasteiger partial charge is 0.326 e. The molecule has 0 aromatic heterocycles. The Morgan fingerprint density at radius 3 is 2.80 bits per heavy atom. The first-order chi connectivity index (χ1) is 9.58. The van der Waals surface area contributed by atoms with Gasteiger partial charge in [0, 0.05) is 17.5 Å². The molecule has 1 amide bonds. The lowest BCUT2D eigenvalue weighted by atomic mass is 10.0. The standard InChI is InChI=1S/C14H16BrNO4/c15-11-4-2-1-3-9(11)7-12(14(18)19)16-13(17)10-5-6-20-8-10/h1-4,10,12H,5-8H2,(H,16,17)(H,18,19)/t10-,12-/m1/s1. The molecule has 0 aliphatic carbocycles. The number of hydrogen-bond donors (Lipinski definition) is 2. The van der Waals surface area contributed by atoms with Gasteiger partial charge in [-0.15, -0.1) is 0 Å². The van der Waals surface area contributed by atoms with Crippen LogP contribution in [0.25, 0.3) is 0 Å². The van der Waals surface area contributed by atoms with Gasteiger partial charge in [-0.2, -0.15) is 0 Å². The predicted molar refractivity (Wildman–Crippen MR) is 76.3 cm³/mol. The lowest BCUT2D eigenvalue weighted by Crippen LogP contribution is -2.45. The van der Waals surface area contributed by atoms with E-state index < -0.39 is 12.0 Å². The van der Waals surface area contributed by atoms with E-state index in [4.69, 9.17) is 4.74 Å². The maximum Gasteiger partial charge on any atom is 0.326 e. The quantitative estimate of drug-likeness (QED) is 0.852. The van der Waals surface area contributed by atoms with Crippen LogP contribution in [0, 0.1) is 5.92 Å². The van der Waals surface area contributed by atoms with E-state index in [-0.39, 0.29) is 18.2 Å². The largest absolute Gasteiger partial charge is 0.480 e. The van der Waals surface area contributed by atoms with E-state index in [9.17, 15) is 14.7 Å². The van der Waals surface area contributed by atoms with Gasteiger partial charge in [0.1, 0.15) is 6.04 Å². The van der Waals surface area contributed by atoms with Crippen LogP contribution < -0.4 is 5.32 Å². The minimum absolute atomic E-state index is 0.240. The van der Waals surface area contributed by atoms with Gasteiger partial charge in [0.2, 0.25) is 5.91 Å². The van der Waals surface area contributed by atoms with E-state index in [2.05, 4.69) is 21.2 Å². The number of amides is 1. The molecular weight excluding hydrogens is 326 g/mol. The van der Waals surface area contributed by atoms with Gasteiger partial charge in [-0.25, -0.2) is 4.79 Å². The van der Waals surface area contributed by atoms with Gasteiger partial charge in [-0.1, -0.05) is 34.1 Å². The molecule has 1 saturated heterocycles. The Morgan fingerprint density at radius 1 is 1.45 bits per heavy atom. The molecule has 2 atom stereocenters. The Hall–Kier alpha value is -1.40. The molecule has 108 valence electrons. The zero-order valence-corrected chi connectivity index (χ0v) is 12.4. The van der Waals surface area contributed by atoms with E-state index in [1.54, 1.807) is 0 Å². The number of carbonyl (C=O) groups excluding carboxylic acids is 1. The van der Waals surface area contributed by atoms with Crippen molar-refractivity contribution in [3.8, 4) is 0 Å². The van der Waals surface area contributed by atoms with Crippen LogP contribution in [0.2, 0.25) is 0 Å². The van der Waals surface area contributed by atoms with Crippen molar-refractivity contribution in [2.75, 3.05) is 13.2 Å². The minimum atomic E-state index is -1.03. The van der Waals surface area contributed by atoms with E-state index in [1.165, 1.54) is 0 Å². The molecule has 0 saturated carbocycles. The lowest BCUT2D eigenvalue weighted by Gasteiger charge is -2.17. The predicted octanol–water partition coefficient (Wildman–Crippen LogP) is 1.60. The molecule has 1 aromatic rings. The number of rotatable bonds is 5. The maximum absolute atomic E-state index is 12.0. The van der Waals surface area contributed by atoms with Gasteiger partial charge in [0.05, 0.1) is 12.5 Å². The number of carboxylic acid groups (broad SMARTS) is 1. The summed E-state index contributed by atoms with van der Waals surface area (Å²) < 4.78 is 5.98. The van der Waals surface area contributed by atoms with Crippen molar-refractivity contribution in [2.45, 2.75) is 18.9 Å². The highest BCUT2D eigenvalue weighted by molar-refractivity contribution is 9.10. The van der Waals surface area contributed by atoms with Crippen molar-refractivity contribution < 1.29 is 19.4 Å². The normalized spacial score (nSPS) is 19.6. The molecule has 0 spiro atoms. The number of carbonyl (C=O) groups is 2. The van der Waals surface area contributed by atoms with Crippen molar-refractivity contribution >= 4 is 27.8 Å². The van der Waals surface area contributed by atoms with Crippen molar-refractivity contribution in [3.63, 3.8) is 0 Å². The van der Waals surface area contributed by atoms with Crippen LogP contribution in [0.4, 0.5) is 0 Å². The number of ether oxygens (including phenoxy) is 1. The van der Waals surface area contributed by atoms with Crippen molar-refractivity contribution in [1.29, 1.82) is 0 Å². The molecule has 1 heterocycles. The molecule has 1 fully saturated rings. The number of halogens is 1. The molecule has 20 heavy (non-hydrogen) atoms. The molecule has 1 aromatic carbocycles. The van der Waals surface area contributed by atoms with Crippen LogP contribution in [0.5, 0.6) is 0 Å². The zero-order valence-electron chi connectivity index (χ0n) is 10.8. The molecule has 6 heteroatoms. The second-order valence-corrected chi connectivity index (χ2v) is 5.61. The van der Waals surface area contributed by atoms with E-state index in [0.717, 1.165) is 10.0 Å². The minimum Gasteiger partial charge on any atom is -0.480 e. The second-order valence-electron chi connectivity index (χ2n) is 4.76. The average Bonchev–Trinajstić information content (AvgIpc) is 2.94. The Balaban J connectivity index is 2.02. The Bertz CT molecular complexity index is 500. The molecular formula is C14H16BrNO4. The van der Waals surface area contributed by atoms with Gasteiger partial charge >= 0.3 is 5.97 Å². The van der Waals surface area contributed by atoms with Crippen LogP contribution in [0.15, 0.2) is 28.7 Å². The summed E-state index contributed by atoms with van der Waals surface area (Å²) in [5.74, 6) is -1.52. The van der Waals surface area contributed by atoms with Crippen molar-refractivity contribution in [1.82, 2.24) is 5.32 Å². The summed E-state index contributed by atoms with van der Waals surface area (Å²) in [7, 11) is 0. The fourth-order valence-corrected chi connectivity index (χ4v) is 2.56. The summed E-state index contributed by atoms with van der Waals surface area (Å²) in [6.45, 7) is 0.924. The third kappa shape index (κ3) is 3.80. The fraction of sp³-hybridized carbons (Fsp3) is 0.429. The van der Waals surface area contributed by atoms with E-state index >= 15 is 0 Å². The van der Waals surface area contributed by atoms with Gasteiger partial charge in [0.15, 0.2) is 0 Å². The van der Waals surface area contributed by atoms with E-state index in [1.807, 2.05) is 24.3 Å². The molecule has 5 nitrogen and oxygen atoms in total. The molecule has 0 radical (unpaired) electrons. The molecule has 0 unspecified atom stereocenters. The zero-order chi connectivity index (χ0) is 14.5. The van der Waals surface area contributed by atoms with Gasteiger partial charge in [-0.3, -0.25) is 4.79 Å². The molecule has 0 bridgehead atoms. The first-order valence-corrected chi connectivity index (χ1v) is 7.21. The first kappa shape index (κ1) is 15.0. The van der Waals surface area contributed by atoms with Crippen LogP contribution >= 0.6 is 15.9 Å². The van der Waals surface area contributed by atoms with Gasteiger partial charge in [0.25, 0.3) is 0 Å². The van der Waals surface area contributed by atoms with E-state index in [0.29, 0.717) is 19.6 Å². The number of benzene rings is 1. The SMILES string of the molecule is O=C(N[C@H](Cc1ccccc1Br)C(=O)O)[C@@H]1CCOC1. The Labute approximate surface area is 125 Å². The Kier molecular flexibility index (Phi) is 5.14. The van der Waals surface area contributed by atoms with Crippen LogP contribution in [0.1, 0.15) is 12.0 Å². The number of nitrogens with one attached hydrogen (secondary N) is 1.